The van der Waals surface area contributed by atoms with Gasteiger partial charge in [-0.2, -0.15) is 0 Å². The number of nitrogens with two attached hydrogens (primary N) is 2. The number of rotatable bonds is 8. The third kappa shape index (κ3) is 4.82. The first-order valence-electron chi connectivity index (χ1n) is 11.3. The maximum Gasteiger partial charge on any atom is 0.155 e. The molecule has 0 bridgehead atoms. The Bertz CT molecular complexity index is 1190. The van der Waals surface area contributed by atoms with Crippen molar-refractivity contribution in [2.24, 2.45) is 16.5 Å². The quantitative estimate of drug-likeness (QED) is 0.299. The van der Waals surface area contributed by atoms with E-state index in [1.165, 1.54) is 0 Å². The number of hydrogen-bond acceptors (Lipinski definition) is 6. The van der Waals surface area contributed by atoms with E-state index in [0.29, 0.717) is 11.3 Å². The Morgan fingerprint density at radius 2 is 1.62 bits per heavy atom. The molecule has 2 aromatic rings. The molecule has 1 heterocycles. The number of hydrogen-bond donors (Lipinski definition) is 2. The molecule has 0 amide bonds. The Kier molecular flexibility index (Phi) is 6.83. The standard InChI is InChI=1S/C26H31N5O/c1-3-8-25(27)31(26(28)9-4-2)20-13-15-22-24(17-20)32-23-16-19(12-14-21(23)30-22)29-18-10-6-5-7-11-18/h5-7,10-17,25-26H,3-4,8-9,27-28H2,1-2H3. The van der Waals surface area contributed by atoms with Gasteiger partial charge in [0.15, 0.2) is 11.3 Å². The van der Waals surface area contributed by atoms with Crippen LogP contribution in [-0.2, 0) is 0 Å². The van der Waals surface area contributed by atoms with Crippen molar-refractivity contribution in [3.05, 3.63) is 72.1 Å². The lowest BCUT2D eigenvalue weighted by atomic mass is 10.1. The van der Waals surface area contributed by atoms with Gasteiger partial charge in [0.1, 0.15) is 11.2 Å². The maximum atomic E-state index is 6.51. The van der Waals surface area contributed by atoms with Gasteiger partial charge in [0.2, 0.25) is 0 Å². The van der Waals surface area contributed by atoms with Gasteiger partial charge in [-0.15, -0.1) is 0 Å². The van der Waals surface area contributed by atoms with Crippen molar-refractivity contribution in [2.75, 3.05) is 4.90 Å². The number of para-hydroxylation sites is 1. The minimum atomic E-state index is -0.149. The van der Waals surface area contributed by atoms with Crippen LogP contribution in [-0.4, -0.2) is 17.3 Å². The van der Waals surface area contributed by atoms with Gasteiger partial charge in [0.25, 0.3) is 0 Å². The summed E-state index contributed by atoms with van der Waals surface area (Å²) in [6.45, 7) is 4.26. The Labute approximate surface area is 188 Å². The summed E-state index contributed by atoms with van der Waals surface area (Å²) >= 11 is 0. The molecule has 0 saturated heterocycles. The third-order valence-corrected chi connectivity index (χ3v) is 5.54. The van der Waals surface area contributed by atoms with Crippen LogP contribution in [0, 0.1) is 0 Å². The van der Waals surface area contributed by atoms with Crippen LogP contribution < -0.4 is 21.7 Å². The zero-order valence-electron chi connectivity index (χ0n) is 18.7. The Balaban J connectivity index is 1.77. The fraction of sp³-hybridized carbons (Fsp3) is 0.308. The SMILES string of the molecule is CCCC(N)N(c1ccc2nc3ccc(=Nc4ccccc4)cc-3oc2c1)C(N)CCC. The average Bonchev–Trinajstić information content (AvgIpc) is 2.79. The van der Waals surface area contributed by atoms with Gasteiger partial charge in [-0.3, -0.25) is 0 Å². The zero-order valence-corrected chi connectivity index (χ0v) is 18.7. The molecule has 0 radical (unpaired) electrons. The van der Waals surface area contributed by atoms with Crippen LogP contribution in [0.3, 0.4) is 0 Å². The second-order valence-corrected chi connectivity index (χ2v) is 8.08. The van der Waals surface area contributed by atoms with Crippen LogP contribution in [0.4, 0.5) is 11.4 Å². The molecule has 4 N–H and O–H groups in total. The summed E-state index contributed by atoms with van der Waals surface area (Å²) in [5, 5.41) is 0.821. The Hall–Kier alpha value is -3.22. The topological polar surface area (TPSA) is 93.7 Å². The summed E-state index contributed by atoms with van der Waals surface area (Å²) in [7, 11) is 0. The van der Waals surface area contributed by atoms with E-state index in [1.807, 2.05) is 66.7 Å². The van der Waals surface area contributed by atoms with E-state index in [2.05, 4.69) is 23.7 Å². The molecule has 2 atom stereocenters. The van der Waals surface area contributed by atoms with Crippen LogP contribution in [0.1, 0.15) is 39.5 Å². The van der Waals surface area contributed by atoms with Crippen molar-refractivity contribution in [1.29, 1.82) is 0 Å². The molecule has 0 saturated carbocycles. The largest absolute Gasteiger partial charge is 0.453 e. The number of anilines is 1. The van der Waals surface area contributed by atoms with E-state index in [-0.39, 0.29) is 12.3 Å². The summed E-state index contributed by atoms with van der Waals surface area (Å²) in [5.41, 5.74) is 17.1. The van der Waals surface area contributed by atoms with E-state index in [4.69, 9.17) is 20.9 Å². The van der Waals surface area contributed by atoms with Gasteiger partial charge in [-0.1, -0.05) is 44.9 Å². The number of benzene rings is 3. The molecule has 166 valence electrons. The highest BCUT2D eigenvalue weighted by Gasteiger charge is 2.21. The molecule has 0 spiro atoms. The molecule has 1 aliphatic heterocycles. The van der Waals surface area contributed by atoms with Crippen molar-refractivity contribution in [1.82, 2.24) is 4.98 Å². The predicted octanol–water partition coefficient (Wildman–Crippen LogP) is 5.14. The number of aromatic nitrogens is 1. The molecular weight excluding hydrogens is 398 g/mol. The zero-order chi connectivity index (χ0) is 22.5. The fourth-order valence-electron chi connectivity index (χ4n) is 3.98. The summed E-state index contributed by atoms with van der Waals surface area (Å²) < 4.78 is 6.26. The second kappa shape index (κ2) is 9.94. The molecule has 32 heavy (non-hydrogen) atoms. The lowest BCUT2D eigenvalue weighted by Crippen LogP contribution is -2.52. The first-order valence-corrected chi connectivity index (χ1v) is 11.3. The number of fused-ring (bicyclic) bond motifs is 2. The summed E-state index contributed by atoms with van der Waals surface area (Å²) in [6.07, 6.45) is 3.43. The van der Waals surface area contributed by atoms with Gasteiger partial charge in [-0.25, -0.2) is 9.98 Å². The van der Waals surface area contributed by atoms with Crippen molar-refractivity contribution in [2.45, 2.75) is 51.9 Å². The molecular formula is C26H31N5O. The highest BCUT2D eigenvalue weighted by Crippen LogP contribution is 2.29. The van der Waals surface area contributed by atoms with Gasteiger partial charge in [0.05, 0.1) is 23.4 Å². The van der Waals surface area contributed by atoms with E-state index >= 15 is 0 Å². The molecule has 4 rings (SSSR count). The molecule has 1 aliphatic carbocycles. The van der Waals surface area contributed by atoms with E-state index in [0.717, 1.165) is 53.6 Å². The lowest BCUT2D eigenvalue weighted by Gasteiger charge is -2.36. The number of nitrogens with zero attached hydrogens (tertiary/aromatic N) is 3. The molecule has 2 aromatic carbocycles. The smallest absolute Gasteiger partial charge is 0.155 e. The summed E-state index contributed by atoms with van der Waals surface area (Å²) in [5.74, 6) is 0.689. The minimum absolute atomic E-state index is 0.149. The normalized spacial score (nSPS) is 14.1. The average molecular weight is 430 g/mol. The first-order chi connectivity index (χ1) is 15.6. The highest BCUT2D eigenvalue weighted by atomic mass is 16.3. The van der Waals surface area contributed by atoms with Gasteiger partial charge in [-0.05, 0) is 49.2 Å². The van der Waals surface area contributed by atoms with Gasteiger partial charge >= 0.3 is 0 Å². The second-order valence-electron chi connectivity index (χ2n) is 8.08. The van der Waals surface area contributed by atoms with Crippen LogP contribution in [0.25, 0.3) is 22.6 Å². The van der Waals surface area contributed by atoms with Crippen molar-refractivity contribution < 1.29 is 4.42 Å². The maximum absolute atomic E-state index is 6.51. The van der Waals surface area contributed by atoms with E-state index in [1.54, 1.807) is 0 Å². The summed E-state index contributed by atoms with van der Waals surface area (Å²) in [6, 6.07) is 21.7. The van der Waals surface area contributed by atoms with Crippen molar-refractivity contribution >= 4 is 22.5 Å². The molecule has 6 nitrogen and oxygen atoms in total. The molecule has 6 heteroatoms. The molecule has 2 unspecified atom stereocenters. The van der Waals surface area contributed by atoms with E-state index < -0.39 is 0 Å². The van der Waals surface area contributed by atoms with Crippen LogP contribution >= 0.6 is 0 Å². The van der Waals surface area contributed by atoms with Gasteiger partial charge in [0, 0.05) is 17.8 Å². The first kappa shape index (κ1) is 22.0. The van der Waals surface area contributed by atoms with Crippen LogP contribution in [0.15, 0.2) is 76.1 Å². The fourth-order valence-corrected chi connectivity index (χ4v) is 3.98. The van der Waals surface area contributed by atoms with Crippen molar-refractivity contribution in [3.63, 3.8) is 0 Å². The van der Waals surface area contributed by atoms with Gasteiger partial charge < -0.3 is 20.8 Å². The van der Waals surface area contributed by atoms with Crippen LogP contribution in [0.5, 0.6) is 0 Å². The summed E-state index contributed by atoms with van der Waals surface area (Å²) in [4.78, 5) is 11.6. The van der Waals surface area contributed by atoms with E-state index in [9.17, 15) is 0 Å². The molecule has 2 aliphatic rings. The predicted molar refractivity (Wildman–Crippen MR) is 131 cm³/mol. The molecule has 0 fully saturated rings. The third-order valence-electron chi connectivity index (χ3n) is 5.54. The van der Waals surface area contributed by atoms with Crippen LogP contribution in [0.2, 0.25) is 0 Å². The lowest BCUT2D eigenvalue weighted by molar-refractivity contribution is 0.468. The highest BCUT2D eigenvalue weighted by molar-refractivity contribution is 5.80. The molecule has 0 aromatic heterocycles. The van der Waals surface area contributed by atoms with Crippen molar-refractivity contribution in [3.8, 4) is 11.5 Å². The monoisotopic (exact) mass is 429 g/mol. The Morgan fingerprint density at radius 3 is 2.31 bits per heavy atom. The minimum Gasteiger partial charge on any atom is -0.453 e. The Morgan fingerprint density at radius 1 is 0.906 bits per heavy atom.